The van der Waals surface area contributed by atoms with E-state index in [4.69, 9.17) is 14.2 Å². The highest BCUT2D eigenvalue weighted by Crippen LogP contribution is 2.37. The van der Waals surface area contributed by atoms with Gasteiger partial charge >= 0.3 is 11.9 Å². The maximum absolute atomic E-state index is 13.0. The molecule has 0 rings (SSSR count). The van der Waals surface area contributed by atoms with E-state index in [2.05, 4.69) is 51.1 Å². The maximum atomic E-state index is 13.0. The molecule has 0 spiro atoms. The van der Waals surface area contributed by atoms with Gasteiger partial charge in [0.2, 0.25) is 0 Å². The summed E-state index contributed by atoms with van der Waals surface area (Å²) in [4.78, 5) is 30.3. The number of hydrogen-bond acceptors (Lipinski definition) is 16. The van der Waals surface area contributed by atoms with Crippen LogP contribution in [-0.2, 0) is 23.8 Å². The fourth-order valence-electron chi connectivity index (χ4n) is 7.30. The van der Waals surface area contributed by atoms with Crippen LogP contribution in [0.4, 0.5) is 0 Å². The van der Waals surface area contributed by atoms with Crippen LogP contribution in [-0.4, -0.2) is 114 Å². The van der Waals surface area contributed by atoms with Crippen LogP contribution in [0.25, 0.3) is 0 Å². The zero-order valence-corrected chi connectivity index (χ0v) is 52.5. The van der Waals surface area contributed by atoms with Crippen molar-refractivity contribution in [3.8, 4) is 0 Å². The SMILES string of the molecule is C=C(CCN(CCCN(C)CCC(=O)OC(C)CSSSCCCCCCCCCC)CCC(=O)OC(C)CSSSCCCCCCCCCC)OC(C)CSSSCCCCCCCCCC. The minimum absolute atomic E-state index is 0.0917. The largest absolute Gasteiger partial charge is 0.495 e. The summed E-state index contributed by atoms with van der Waals surface area (Å²) < 4.78 is 17.8. The summed E-state index contributed by atoms with van der Waals surface area (Å²) in [5.74, 6) is 6.65. The van der Waals surface area contributed by atoms with Crippen molar-refractivity contribution in [2.75, 3.05) is 74.3 Å². The minimum Gasteiger partial charge on any atom is -0.495 e. The summed E-state index contributed by atoms with van der Waals surface area (Å²) in [5.41, 5.74) is 0. The Balaban J connectivity index is 4.61. The van der Waals surface area contributed by atoms with Crippen LogP contribution >= 0.6 is 94.2 Å². The van der Waals surface area contributed by atoms with E-state index in [1.165, 1.54) is 171 Å². The van der Waals surface area contributed by atoms with Crippen molar-refractivity contribution in [1.29, 1.82) is 0 Å². The molecule has 3 atom stereocenters. The number of carbonyl (C=O) groups excluding carboxylic acids is 2. The number of unbranched alkanes of at least 4 members (excludes halogenated alkanes) is 21. The molecule has 0 aromatic heterocycles. The molecule has 0 fully saturated rings. The number of carbonyl (C=O) groups is 2. The molecule has 0 aliphatic rings. The van der Waals surface area contributed by atoms with Gasteiger partial charge in [0.15, 0.2) is 0 Å². The quantitative estimate of drug-likeness (QED) is 0.0251. The highest BCUT2D eigenvalue weighted by Gasteiger charge is 2.16. The second-order valence-electron chi connectivity index (χ2n) is 18.8. The highest BCUT2D eigenvalue weighted by molar-refractivity contribution is 9.10. The lowest BCUT2D eigenvalue weighted by Gasteiger charge is -2.25. The second-order valence-corrected chi connectivity index (χ2v) is 32.0. The molecule has 0 bridgehead atoms. The molecule has 0 heterocycles. The van der Waals surface area contributed by atoms with Gasteiger partial charge in [0, 0.05) is 60.6 Å². The molecule has 16 heteroatoms. The lowest BCUT2D eigenvalue weighted by molar-refractivity contribution is -0.148. The van der Waals surface area contributed by atoms with E-state index in [-0.39, 0.29) is 30.3 Å². The van der Waals surface area contributed by atoms with Crippen molar-refractivity contribution >= 4 is 106 Å². The summed E-state index contributed by atoms with van der Waals surface area (Å²) >= 11 is 0. The first-order chi connectivity index (χ1) is 33.6. The standard InChI is InChI=1S/C53H104N2O5S9/c1-9-12-15-18-21-24-27-30-42-61-67-64-45-49(5)58-48(4)34-40-55(41-36-53(57)60-51(7)47-66-69-63-44-32-29-26-23-20-17-14-11-3)38-33-37-54(8)39-35-52(56)59-50(6)46-65-68-62-43-31-28-25-22-19-16-13-10-2/h49-51H,4,9-47H2,1-3,5-8H3. The third-order valence-corrected chi connectivity index (χ3v) is 24.9. The Hall–Kier alpha value is 1.55. The number of ether oxygens (including phenoxy) is 3. The van der Waals surface area contributed by atoms with Crippen molar-refractivity contribution in [3.63, 3.8) is 0 Å². The summed E-state index contributed by atoms with van der Waals surface area (Å²) in [5, 5.41) is 0. The molecule has 0 aromatic rings. The first kappa shape index (κ1) is 70.5. The topological polar surface area (TPSA) is 68.3 Å². The van der Waals surface area contributed by atoms with Crippen molar-refractivity contribution in [1.82, 2.24) is 9.80 Å². The molecule has 0 saturated carbocycles. The molecule has 0 radical (unpaired) electrons. The zero-order valence-electron chi connectivity index (χ0n) is 45.1. The maximum Gasteiger partial charge on any atom is 0.307 e. The summed E-state index contributed by atoms with van der Waals surface area (Å²) in [6.07, 6.45) is 34.8. The average molecular weight is 1140 g/mol. The lowest BCUT2D eigenvalue weighted by Crippen LogP contribution is -2.33. The van der Waals surface area contributed by atoms with Crippen molar-refractivity contribution in [2.24, 2.45) is 0 Å². The molecular weight excluding hydrogens is 1030 g/mol. The highest BCUT2D eigenvalue weighted by atomic mass is 33.5. The Bertz CT molecular complexity index is 1090. The predicted octanol–water partition coefficient (Wildman–Crippen LogP) is 19.1. The van der Waals surface area contributed by atoms with E-state index in [1.54, 1.807) is 21.6 Å². The van der Waals surface area contributed by atoms with E-state index in [9.17, 15) is 9.59 Å². The fraction of sp³-hybridized carbons (Fsp3) is 0.925. The number of nitrogens with zero attached hydrogens (tertiary/aromatic N) is 2. The van der Waals surface area contributed by atoms with Gasteiger partial charge in [0.1, 0.15) is 18.3 Å². The van der Waals surface area contributed by atoms with Gasteiger partial charge in [-0.2, -0.15) is 0 Å². The lowest BCUT2D eigenvalue weighted by atomic mass is 10.1. The Morgan fingerprint density at radius 1 is 0.406 bits per heavy atom. The van der Waals surface area contributed by atoms with E-state index >= 15 is 0 Å². The Morgan fingerprint density at radius 3 is 1.13 bits per heavy atom. The van der Waals surface area contributed by atoms with Crippen molar-refractivity contribution in [2.45, 2.75) is 240 Å². The monoisotopic (exact) mass is 1140 g/mol. The number of esters is 2. The molecule has 69 heavy (non-hydrogen) atoms. The molecule has 0 saturated heterocycles. The van der Waals surface area contributed by atoms with Gasteiger partial charge < -0.3 is 24.0 Å². The van der Waals surface area contributed by atoms with Crippen LogP contribution in [0, 0.1) is 0 Å². The Labute approximate surface area is 462 Å². The molecule has 0 aliphatic carbocycles. The van der Waals surface area contributed by atoms with E-state index in [1.807, 2.05) is 86.5 Å². The van der Waals surface area contributed by atoms with Gasteiger partial charge in [-0.25, -0.2) is 0 Å². The number of rotatable bonds is 56. The van der Waals surface area contributed by atoms with Crippen molar-refractivity contribution in [3.05, 3.63) is 12.3 Å². The van der Waals surface area contributed by atoms with Crippen LogP contribution in [0.5, 0.6) is 0 Å². The normalized spacial score (nSPS) is 13.0. The molecule has 0 N–H and O–H groups in total. The van der Waals surface area contributed by atoms with Crippen LogP contribution in [0.1, 0.15) is 221 Å². The van der Waals surface area contributed by atoms with E-state index < -0.39 is 0 Å². The first-order valence-electron chi connectivity index (χ1n) is 27.5. The summed E-state index contributed by atoms with van der Waals surface area (Å²) in [6, 6.07) is 0. The first-order valence-corrected chi connectivity index (χ1v) is 38.9. The van der Waals surface area contributed by atoms with Gasteiger partial charge in [-0.1, -0.05) is 227 Å². The van der Waals surface area contributed by atoms with Gasteiger partial charge in [-0.05, 0) is 96.1 Å². The second kappa shape index (κ2) is 55.8. The van der Waals surface area contributed by atoms with Crippen LogP contribution in [0.3, 0.4) is 0 Å². The zero-order chi connectivity index (χ0) is 50.7. The molecular formula is C53H104N2O5S9. The Kier molecular flexibility index (Phi) is 57.0. The predicted molar refractivity (Wildman–Crippen MR) is 329 cm³/mol. The van der Waals surface area contributed by atoms with E-state index in [0.717, 1.165) is 55.5 Å². The van der Waals surface area contributed by atoms with Gasteiger partial charge in [-0.3, -0.25) is 9.59 Å². The van der Waals surface area contributed by atoms with Crippen LogP contribution in [0.15, 0.2) is 12.3 Å². The fourth-order valence-corrected chi connectivity index (χ4v) is 19.3. The molecule has 0 amide bonds. The van der Waals surface area contributed by atoms with Gasteiger partial charge in [0.05, 0.1) is 18.6 Å². The van der Waals surface area contributed by atoms with Gasteiger partial charge in [-0.15, -0.1) is 0 Å². The van der Waals surface area contributed by atoms with E-state index in [0.29, 0.717) is 25.9 Å². The van der Waals surface area contributed by atoms with Crippen molar-refractivity contribution < 1.29 is 23.8 Å². The molecule has 3 unspecified atom stereocenters. The minimum atomic E-state index is -0.136. The van der Waals surface area contributed by atoms with Gasteiger partial charge in [0.25, 0.3) is 0 Å². The third-order valence-electron chi connectivity index (χ3n) is 11.5. The summed E-state index contributed by atoms with van der Waals surface area (Å²) in [7, 11) is 18.9. The Morgan fingerprint density at radius 2 is 0.739 bits per heavy atom. The van der Waals surface area contributed by atoms with Crippen LogP contribution < -0.4 is 0 Å². The molecule has 410 valence electrons. The molecule has 7 nitrogen and oxygen atoms in total. The average Bonchev–Trinajstić information content (AvgIpc) is 3.32. The van der Waals surface area contributed by atoms with Crippen LogP contribution in [0.2, 0.25) is 0 Å². The molecule has 0 aromatic carbocycles. The third kappa shape index (κ3) is 54.2. The smallest absolute Gasteiger partial charge is 0.307 e. The molecule has 0 aliphatic heterocycles. The summed E-state index contributed by atoms with van der Waals surface area (Å²) in [6.45, 7) is 21.0. The number of hydrogen-bond donors (Lipinski definition) is 0.